The summed E-state index contributed by atoms with van der Waals surface area (Å²) in [6.07, 6.45) is -4.46. The maximum Gasteiger partial charge on any atom is 0.339 e. The number of aliphatic hydroxyl groups excluding tert-OH is 5. The Morgan fingerprint density at radius 3 is 2.49 bits per heavy atom. The van der Waals surface area contributed by atoms with Crippen molar-refractivity contribution in [2.75, 3.05) is 33.2 Å². The number of hydrogen-bond acceptors (Lipinski definition) is 15. The van der Waals surface area contributed by atoms with Crippen molar-refractivity contribution in [3.8, 4) is 0 Å². The van der Waals surface area contributed by atoms with Crippen LogP contribution in [0.1, 0.15) is 62.4 Å². The summed E-state index contributed by atoms with van der Waals surface area (Å²) < 4.78 is 33.2. The van der Waals surface area contributed by atoms with Gasteiger partial charge in [-0.2, -0.15) is 0 Å². The Morgan fingerprint density at radius 2 is 1.77 bits per heavy atom. The highest BCUT2D eigenvalue weighted by atomic mass is 16.7. The van der Waals surface area contributed by atoms with Crippen molar-refractivity contribution in [2.24, 2.45) is 0 Å². The molecule has 2 fully saturated rings. The number of amides is 2. The molecule has 53 heavy (non-hydrogen) atoms. The second-order valence-electron chi connectivity index (χ2n) is 13.8. The molecule has 0 unspecified atom stereocenters. The Labute approximate surface area is 306 Å². The monoisotopic (exact) mass is 750 g/mol. The molecule has 0 saturated carbocycles. The molecule has 2 heterocycles. The van der Waals surface area contributed by atoms with E-state index in [2.05, 4.69) is 10.6 Å². The number of carbonyl (C=O) groups excluding carboxylic acids is 4. The molecule has 294 valence electrons. The number of nitrogens with one attached hydrogen (secondary N) is 2. The van der Waals surface area contributed by atoms with E-state index in [1.165, 1.54) is 6.08 Å². The molecule has 1 aromatic rings. The average Bonchev–Trinajstić information content (AvgIpc) is 3.60. The third-order valence-corrected chi connectivity index (χ3v) is 8.57. The fourth-order valence-corrected chi connectivity index (χ4v) is 5.88. The highest BCUT2D eigenvalue weighted by Gasteiger charge is 2.44. The topological polar surface area (TPSA) is 249 Å². The summed E-state index contributed by atoms with van der Waals surface area (Å²) in [5.41, 5.74) is 0.294. The van der Waals surface area contributed by atoms with E-state index in [4.69, 9.17) is 28.4 Å². The molecular formula is C36H50N2O15. The molecule has 0 aromatic heterocycles. The average molecular weight is 751 g/mol. The summed E-state index contributed by atoms with van der Waals surface area (Å²) in [6.45, 7) is 4.05. The molecule has 4 rings (SSSR count). The van der Waals surface area contributed by atoms with E-state index in [0.717, 1.165) is 0 Å². The van der Waals surface area contributed by atoms with E-state index in [1.807, 2.05) is 0 Å². The summed E-state index contributed by atoms with van der Waals surface area (Å²) in [6, 6.07) is 5.91. The maximum atomic E-state index is 13.4. The lowest BCUT2D eigenvalue weighted by Crippen LogP contribution is -2.59. The van der Waals surface area contributed by atoms with E-state index in [9.17, 15) is 44.7 Å². The van der Waals surface area contributed by atoms with Crippen molar-refractivity contribution in [1.29, 1.82) is 0 Å². The molecule has 7 N–H and O–H groups in total. The highest BCUT2D eigenvalue weighted by Crippen LogP contribution is 2.31. The number of fused-ring (bicyclic) bond motifs is 1. The third-order valence-electron chi connectivity index (χ3n) is 8.57. The van der Waals surface area contributed by atoms with Crippen LogP contribution in [0.2, 0.25) is 0 Å². The smallest absolute Gasteiger partial charge is 0.339 e. The molecule has 3 aliphatic rings. The van der Waals surface area contributed by atoms with Gasteiger partial charge in [0.05, 0.1) is 31.4 Å². The zero-order valence-corrected chi connectivity index (χ0v) is 29.9. The van der Waals surface area contributed by atoms with Crippen LogP contribution in [0.25, 0.3) is 6.08 Å². The zero-order valence-electron chi connectivity index (χ0n) is 29.9. The molecule has 2 saturated heterocycles. The summed E-state index contributed by atoms with van der Waals surface area (Å²) in [7, 11) is 0. The first-order valence-corrected chi connectivity index (χ1v) is 17.4. The third kappa shape index (κ3) is 12.1. The van der Waals surface area contributed by atoms with Gasteiger partial charge in [-0.3, -0.25) is 14.4 Å². The number of carbonyl (C=O) groups is 4. The van der Waals surface area contributed by atoms with Crippen LogP contribution >= 0.6 is 0 Å². The van der Waals surface area contributed by atoms with Gasteiger partial charge in [0.15, 0.2) is 6.29 Å². The Bertz CT molecular complexity index is 1470. The first-order chi connectivity index (χ1) is 25.2. The van der Waals surface area contributed by atoms with Crippen molar-refractivity contribution in [3.05, 3.63) is 53.1 Å². The molecular weight excluding hydrogens is 700 g/mol. The minimum absolute atomic E-state index is 0.0104. The first-order valence-electron chi connectivity index (χ1n) is 17.4. The maximum absolute atomic E-state index is 13.4. The zero-order chi connectivity index (χ0) is 38.7. The van der Waals surface area contributed by atoms with E-state index < -0.39 is 91.0 Å². The summed E-state index contributed by atoms with van der Waals surface area (Å²) in [5, 5.41) is 54.4. The molecule has 0 spiro atoms. The SMILES string of the molecule is CC(C)(C)OC(=O)CC[C@@H](CO)NC(=O)CCNC(=O)C1=C[C@H]2OCO[C@H]2[C@H](OC(=O)c2ccccc2C=CCO[C@H]2O[C@H](CO)[C@H](O)[C@H](O)[C@H]2O)C1. The van der Waals surface area contributed by atoms with Crippen LogP contribution in [0, 0.1) is 0 Å². The van der Waals surface area contributed by atoms with Gasteiger partial charge in [-0.1, -0.05) is 30.4 Å². The molecule has 1 aromatic carbocycles. The second kappa shape index (κ2) is 19.5. The van der Waals surface area contributed by atoms with Gasteiger partial charge in [0.1, 0.15) is 55.1 Å². The number of ether oxygens (including phenoxy) is 6. The molecule has 17 nitrogen and oxygen atoms in total. The van der Waals surface area contributed by atoms with Crippen LogP contribution in [0.15, 0.2) is 42.0 Å². The fraction of sp³-hybridized carbons (Fsp3) is 0.611. The molecule has 0 radical (unpaired) electrons. The van der Waals surface area contributed by atoms with Crippen LogP contribution < -0.4 is 10.6 Å². The molecule has 2 aliphatic heterocycles. The minimum atomic E-state index is -1.58. The van der Waals surface area contributed by atoms with Crippen LogP contribution in [0.4, 0.5) is 0 Å². The fourth-order valence-electron chi connectivity index (χ4n) is 5.88. The van der Waals surface area contributed by atoms with Gasteiger partial charge in [-0.15, -0.1) is 0 Å². The quantitative estimate of drug-likeness (QED) is 0.102. The van der Waals surface area contributed by atoms with Crippen molar-refractivity contribution >= 4 is 29.8 Å². The molecule has 2 amide bonds. The van der Waals surface area contributed by atoms with E-state index >= 15 is 0 Å². The van der Waals surface area contributed by atoms with E-state index in [1.54, 1.807) is 57.2 Å². The lowest BCUT2D eigenvalue weighted by Gasteiger charge is -2.39. The Kier molecular flexibility index (Phi) is 15.5. The predicted octanol–water partition coefficient (Wildman–Crippen LogP) is -0.781. The van der Waals surface area contributed by atoms with E-state index in [-0.39, 0.29) is 63.4 Å². The van der Waals surface area contributed by atoms with Gasteiger partial charge < -0.3 is 64.6 Å². The van der Waals surface area contributed by atoms with E-state index in [0.29, 0.717) is 5.56 Å². The lowest BCUT2D eigenvalue weighted by molar-refractivity contribution is -0.298. The summed E-state index contributed by atoms with van der Waals surface area (Å²) in [4.78, 5) is 51.0. The van der Waals surface area contributed by atoms with Crippen LogP contribution in [-0.4, -0.2) is 143 Å². The number of aliphatic hydroxyl groups is 5. The normalized spacial score (nSPS) is 27.7. The minimum Gasteiger partial charge on any atom is -0.460 e. The molecule has 1 aliphatic carbocycles. The van der Waals surface area contributed by atoms with Crippen molar-refractivity contribution in [3.63, 3.8) is 0 Å². The van der Waals surface area contributed by atoms with Crippen molar-refractivity contribution < 1.29 is 73.1 Å². The lowest BCUT2D eigenvalue weighted by atomic mass is 9.91. The first kappa shape index (κ1) is 42.0. The predicted molar refractivity (Wildman–Crippen MR) is 183 cm³/mol. The van der Waals surface area contributed by atoms with Crippen LogP contribution in [0.5, 0.6) is 0 Å². The Hall–Kier alpha value is -3.78. The number of esters is 2. The molecule has 0 bridgehead atoms. The van der Waals surface area contributed by atoms with Gasteiger partial charge in [0, 0.05) is 31.4 Å². The van der Waals surface area contributed by atoms with Gasteiger partial charge in [-0.25, -0.2) is 4.79 Å². The van der Waals surface area contributed by atoms with Crippen molar-refractivity contribution in [2.45, 2.75) is 107 Å². The van der Waals surface area contributed by atoms with Gasteiger partial charge in [-0.05, 0) is 44.9 Å². The molecule has 17 heteroatoms. The highest BCUT2D eigenvalue weighted by molar-refractivity contribution is 5.95. The van der Waals surface area contributed by atoms with Crippen molar-refractivity contribution in [1.82, 2.24) is 10.6 Å². The largest absolute Gasteiger partial charge is 0.460 e. The molecule has 9 atom stereocenters. The van der Waals surface area contributed by atoms with Gasteiger partial charge in [0.25, 0.3) is 0 Å². The summed E-state index contributed by atoms with van der Waals surface area (Å²) in [5.74, 6) is -2.05. The van der Waals surface area contributed by atoms with Gasteiger partial charge >= 0.3 is 11.9 Å². The number of rotatable bonds is 16. The Morgan fingerprint density at radius 1 is 1.02 bits per heavy atom. The number of benzene rings is 1. The number of hydrogen-bond donors (Lipinski definition) is 7. The second-order valence-corrected chi connectivity index (χ2v) is 13.8. The standard InChI is InChI=1S/C36H50N2O15/c1-36(2,3)53-28(42)11-10-22(17-39)38-27(41)12-13-37-33(46)21-15-24-32(50-19-49-24)25(16-21)51-34(47)23-9-5-4-7-20(23)8-6-14-48-35-31(45)30(44)29(43)26(18-40)52-35/h4-9,15,22,24-26,29-32,35,39-40,43-45H,10-14,16-19H2,1-3H3,(H,37,46)(H,38,41)/t22-,24+,25+,26+,29-,30-,31+,32+,35-/m0/s1. The Balaban J connectivity index is 1.28. The summed E-state index contributed by atoms with van der Waals surface area (Å²) >= 11 is 0. The van der Waals surface area contributed by atoms with Crippen LogP contribution in [-0.2, 0) is 42.8 Å². The van der Waals surface area contributed by atoms with Crippen LogP contribution in [0.3, 0.4) is 0 Å². The van der Waals surface area contributed by atoms with Gasteiger partial charge in [0.2, 0.25) is 11.8 Å².